The Hall–Kier alpha value is -2.99. The number of carbonyl (C=O) groups is 1. The van der Waals surface area contributed by atoms with Gasteiger partial charge < -0.3 is 10.6 Å². The van der Waals surface area contributed by atoms with Crippen LogP contribution in [0.15, 0.2) is 48.5 Å². The van der Waals surface area contributed by atoms with Crippen molar-refractivity contribution in [1.29, 1.82) is 0 Å². The van der Waals surface area contributed by atoms with Crippen molar-refractivity contribution in [2.45, 2.75) is 34.2 Å². The molecule has 1 heterocycles. The van der Waals surface area contributed by atoms with E-state index in [1.807, 2.05) is 42.8 Å². The summed E-state index contributed by atoms with van der Waals surface area (Å²) in [5.41, 5.74) is 6.81. The van der Waals surface area contributed by atoms with Gasteiger partial charge >= 0.3 is 0 Å². The van der Waals surface area contributed by atoms with Crippen LogP contribution in [0.3, 0.4) is 0 Å². The Morgan fingerprint density at radius 3 is 2.36 bits per heavy atom. The molecule has 0 aliphatic rings. The summed E-state index contributed by atoms with van der Waals surface area (Å²) >= 11 is 5.46. The third-order valence-electron chi connectivity index (χ3n) is 4.75. The van der Waals surface area contributed by atoms with Crippen LogP contribution in [-0.2, 0) is 6.54 Å². The van der Waals surface area contributed by atoms with E-state index in [1.54, 1.807) is 19.1 Å². The van der Waals surface area contributed by atoms with Crippen LogP contribution in [0.1, 0.15) is 39.8 Å². The van der Waals surface area contributed by atoms with Crippen molar-refractivity contribution < 1.29 is 4.79 Å². The van der Waals surface area contributed by atoms with Crippen LogP contribution in [0, 0.1) is 20.8 Å². The average molecular weight is 393 g/mol. The summed E-state index contributed by atoms with van der Waals surface area (Å²) in [4.78, 5) is 11.4. The van der Waals surface area contributed by atoms with E-state index < -0.39 is 0 Å². The molecule has 144 valence electrons. The lowest BCUT2D eigenvalue weighted by Gasteiger charge is -2.12. The molecule has 2 aromatic carbocycles. The van der Waals surface area contributed by atoms with E-state index in [-0.39, 0.29) is 5.78 Å². The molecule has 0 saturated heterocycles. The standard InChI is InChI=1S/C22H24N4OS/c1-14-7-5-6-8-19(14)13-26-16(3)21(15(2)25-26)24-22(28)23-20-11-9-18(10-12-20)17(4)27/h5-12H,13H2,1-4H3,(H2,23,24,28). The first-order chi connectivity index (χ1) is 13.3. The minimum Gasteiger partial charge on any atom is -0.332 e. The molecule has 0 fully saturated rings. The van der Waals surface area contributed by atoms with E-state index in [0.717, 1.165) is 22.8 Å². The van der Waals surface area contributed by atoms with Crippen molar-refractivity contribution in [2.75, 3.05) is 10.6 Å². The number of Topliss-reactive ketones (excluding diaryl/α,β-unsaturated/α-hetero) is 1. The maximum absolute atomic E-state index is 11.4. The first kappa shape index (κ1) is 19.8. The smallest absolute Gasteiger partial charge is 0.175 e. The number of nitrogens with zero attached hydrogens (tertiary/aromatic N) is 2. The van der Waals surface area contributed by atoms with E-state index in [1.165, 1.54) is 11.1 Å². The summed E-state index contributed by atoms with van der Waals surface area (Å²) in [6.45, 7) is 8.37. The SMILES string of the molecule is CC(=O)c1ccc(NC(=S)Nc2c(C)nn(Cc3ccccc3C)c2C)cc1. The monoisotopic (exact) mass is 392 g/mol. The minimum absolute atomic E-state index is 0.0413. The zero-order chi connectivity index (χ0) is 20.3. The predicted octanol–water partition coefficient (Wildman–Crippen LogP) is 4.87. The molecule has 0 bridgehead atoms. The molecule has 3 aromatic rings. The lowest BCUT2D eigenvalue weighted by molar-refractivity contribution is 0.101. The van der Waals surface area contributed by atoms with Crippen molar-refractivity contribution >= 4 is 34.5 Å². The Bertz CT molecular complexity index is 1020. The number of thiocarbonyl (C=S) groups is 1. The second kappa shape index (κ2) is 8.35. The Balaban J connectivity index is 1.72. The molecular formula is C22H24N4OS. The molecule has 0 aliphatic carbocycles. The zero-order valence-electron chi connectivity index (χ0n) is 16.5. The maximum atomic E-state index is 11.4. The molecule has 0 radical (unpaired) electrons. The molecule has 28 heavy (non-hydrogen) atoms. The molecule has 5 nitrogen and oxygen atoms in total. The summed E-state index contributed by atoms with van der Waals surface area (Å²) in [6, 6.07) is 15.6. The van der Waals surface area contributed by atoms with E-state index in [4.69, 9.17) is 12.2 Å². The second-order valence-electron chi connectivity index (χ2n) is 6.84. The van der Waals surface area contributed by atoms with Crippen molar-refractivity contribution in [2.24, 2.45) is 0 Å². The van der Waals surface area contributed by atoms with E-state index in [0.29, 0.717) is 17.2 Å². The molecule has 2 N–H and O–H groups in total. The highest BCUT2D eigenvalue weighted by molar-refractivity contribution is 7.80. The van der Waals surface area contributed by atoms with E-state index in [9.17, 15) is 4.79 Å². The molecule has 0 aliphatic heterocycles. The summed E-state index contributed by atoms with van der Waals surface area (Å²) < 4.78 is 1.99. The van der Waals surface area contributed by atoms with Gasteiger partial charge in [-0.15, -0.1) is 0 Å². The number of rotatable bonds is 5. The van der Waals surface area contributed by atoms with Gasteiger partial charge in [-0.05, 0) is 75.3 Å². The van der Waals surface area contributed by atoms with Crippen LogP contribution < -0.4 is 10.6 Å². The highest BCUT2D eigenvalue weighted by Crippen LogP contribution is 2.22. The molecular weight excluding hydrogens is 368 g/mol. The summed E-state index contributed by atoms with van der Waals surface area (Å²) in [6.07, 6.45) is 0. The minimum atomic E-state index is 0.0413. The van der Waals surface area contributed by atoms with Gasteiger partial charge in [0.05, 0.1) is 23.6 Å². The number of carbonyl (C=O) groups excluding carboxylic acids is 1. The Morgan fingerprint density at radius 2 is 1.71 bits per heavy atom. The van der Waals surface area contributed by atoms with Crippen molar-refractivity contribution in [3.8, 4) is 0 Å². The van der Waals surface area contributed by atoms with Crippen molar-refractivity contribution in [3.05, 3.63) is 76.6 Å². The van der Waals surface area contributed by atoms with Gasteiger partial charge in [-0.1, -0.05) is 24.3 Å². The van der Waals surface area contributed by atoms with Crippen LogP contribution in [0.5, 0.6) is 0 Å². The third-order valence-corrected chi connectivity index (χ3v) is 4.95. The van der Waals surface area contributed by atoms with Gasteiger partial charge in [0, 0.05) is 11.3 Å². The zero-order valence-corrected chi connectivity index (χ0v) is 17.4. The highest BCUT2D eigenvalue weighted by atomic mass is 32.1. The first-order valence-electron chi connectivity index (χ1n) is 9.12. The largest absolute Gasteiger partial charge is 0.332 e. The predicted molar refractivity (Wildman–Crippen MR) is 118 cm³/mol. The lowest BCUT2D eigenvalue weighted by Crippen LogP contribution is -2.20. The number of ketones is 1. The number of nitrogens with one attached hydrogen (secondary N) is 2. The number of anilines is 2. The van der Waals surface area contributed by atoms with Gasteiger partial charge in [-0.3, -0.25) is 9.48 Å². The van der Waals surface area contributed by atoms with Gasteiger partial charge in [0.15, 0.2) is 10.9 Å². The molecule has 1 aromatic heterocycles. The fraction of sp³-hybridized carbons (Fsp3) is 0.227. The van der Waals surface area contributed by atoms with Gasteiger partial charge in [-0.25, -0.2) is 0 Å². The average Bonchev–Trinajstić information content (AvgIpc) is 2.91. The van der Waals surface area contributed by atoms with Gasteiger partial charge in [0.25, 0.3) is 0 Å². The quantitative estimate of drug-likeness (QED) is 0.479. The maximum Gasteiger partial charge on any atom is 0.175 e. The second-order valence-corrected chi connectivity index (χ2v) is 7.25. The molecule has 0 amide bonds. The number of hydrogen-bond donors (Lipinski definition) is 2. The topological polar surface area (TPSA) is 59.0 Å². The highest BCUT2D eigenvalue weighted by Gasteiger charge is 2.14. The molecule has 0 spiro atoms. The van der Waals surface area contributed by atoms with E-state index >= 15 is 0 Å². The molecule has 0 saturated carbocycles. The van der Waals surface area contributed by atoms with Gasteiger partial charge in [-0.2, -0.15) is 5.10 Å². The molecule has 3 rings (SSSR count). The first-order valence-corrected chi connectivity index (χ1v) is 9.53. The molecule has 0 unspecified atom stereocenters. The van der Waals surface area contributed by atoms with Crippen LogP contribution in [0.2, 0.25) is 0 Å². The summed E-state index contributed by atoms with van der Waals surface area (Å²) in [5.74, 6) is 0.0413. The number of aromatic nitrogens is 2. The Morgan fingerprint density at radius 1 is 1.04 bits per heavy atom. The van der Waals surface area contributed by atoms with Gasteiger partial charge in [0.1, 0.15) is 0 Å². The molecule has 6 heteroatoms. The third kappa shape index (κ3) is 4.46. The summed E-state index contributed by atoms with van der Waals surface area (Å²) in [5, 5.41) is 11.6. The lowest BCUT2D eigenvalue weighted by atomic mass is 10.1. The van der Waals surface area contributed by atoms with E-state index in [2.05, 4.69) is 34.8 Å². The fourth-order valence-electron chi connectivity index (χ4n) is 3.04. The Kier molecular flexibility index (Phi) is 5.90. The normalized spacial score (nSPS) is 10.6. The number of benzene rings is 2. The van der Waals surface area contributed by atoms with Crippen molar-refractivity contribution in [1.82, 2.24) is 9.78 Å². The molecule has 0 atom stereocenters. The Labute approximate surface area is 170 Å². The number of hydrogen-bond acceptors (Lipinski definition) is 3. The van der Waals surface area contributed by atoms with Crippen LogP contribution in [0.25, 0.3) is 0 Å². The van der Waals surface area contributed by atoms with Crippen LogP contribution in [-0.4, -0.2) is 20.7 Å². The van der Waals surface area contributed by atoms with Crippen LogP contribution in [0.4, 0.5) is 11.4 Å². The van der Waals surface area contributed by atoms with Gasteiger partial charge in [0.2, 0.25) is 0 Å². The fourth-order valence-corrected chi connectivity index (χ4v) is 3.26. The summed E-state index contributed by atoms with van der Waals surface area (Å²) in [7, 11) is 0. The van der Waals surface area contributed by atoms with Crippen LogP contribution >= 0.6 is 12.2 Å². The number of aryl methyl sites for hydroxylation is 2. The van der Waals surface area contributed by atoms with Crippen molar-refractivity contribution in [3.63, 3.8) is 0 Å².